The number of aryl methyl sites for hydroxylation is 1. The van der Waals surface area contributed by atoms with Crippen LogP contribution in [0.2, 0.25) is 0 Å². The van der Waals surface area contributed by atoms with Gasteiger partial charge in [0.05, 0.1) is 0 Å². The third kappa shape index (κ3) is 11.4. The molecule has 0 amide bonds. The molecule has 0 saturated heterocycles. The second kappa shape index (κ2) is 16.0. The first kappa shape index (κ1) is 24.0. The van der Waals surface area contributed by atoms with Gasteiger partial charge < -0.3 is 10.8 Å². The van der Waals surface area contributed by atoms with E-state index in [4.69, 9.17) is 5.73 Å². The largest absolute Gasteiger partial charge is 0.508 e. The molecule has 0 aliphatic carbocycles. The number of aromatic hydroxyl groups is 1. The van der Waals surface area contributed by atoms with Crippen molar-refractivity contribution in [3.8, 4) is 5.75 Å². The van der Waals surface area contributed by atoms with Crippen LogP contribution in [0.5, 0.6) is 5.75 Å². The van der Waals surface area contributed by atoms with E-state index in [1.807, 2.05) is 48.5 Å². The number of rotatable bonds is 2. The summed E-state index contributed by atoms with van der Waals surface area (Å²) >= 11 is 0. The Labute approximate surface area is 130 Å². The van der Waals surface area contributed by atoms with Crippen molar-refractivity contribution in [3.63, 3.8) is 0 Å². The van der Waals surface area contributed by atoms with Crippen molar-refractivity contribution in [2.24, 2.45) is 15.9 Å². The van der Waals surface area contributed by atoms with Crippen molar-refractivity contribution in [2.45, 2.75) is 48.5 Å². The van der Waals surface area contributed by atoms with E-state index in [-0.39, 0.29) is 5.75 Å². The zero-order valence-corrected chi connectivity index (χ0v) is 14.6. The minimum atomic E-state index is 0.211. The van der Waals surface area contributed by atoms with Gasteiger partial charge in [0.25, 0.3) is 0 Å². The van der Waals surface area contributed by atoms with Crippen molar-refractivity contribution in [1.82, 2.24) is 0 Å². The summed E-state index contributed by atoms with van der Waals surface area (Å²) in [6.07, 6.45) is 0. The second-order valence-corrected chi connectivity index (χ2v) is 3.53. The third-order valence-electron chi connectivity index (χ3n) is 1.86. The van der Waals surface area contributed by atoms with Crippen LogP contribution in [-0.4, -0.2) is 16.7 Å². The Bertz CT molecular complexity index is 434. The van der Waals surface area contributed by atoms with Gasteiger partial charge in [0.15, 0.2) is 5.84 Å². The molecule has 0 fully saturated rings. The standard InChI is InChI=1S/C11H15N3O.2C2H6.C2H4/c1-7(2)13-14-11(12)9-5-4-8(3)10(15)6-9;3*1-2/h4-6,15H,1-3H3,(H2,12,14);2*1-2H3;1-2H2. The molecule has 0 atom stereocenters. The van der Waals surface area contributed by atoms with Crippen molar-refractivity contribution in [1.29, 1.82) is 0 Å². The summed E-state index contributed by atoms with van der Waals surface area (Å²) in [4.78, 5) is 0. The van der Waals surface area contributed by atoms with Crippen molar-refractivity contribution in [3.05, 3.63) is 42.5 Å². The van der Waals surface area contributed by atoms with Crippen molar-refractivity contribution >= 4 is 11.5 Å². The zero-order valence-electron chi connectivity index (χ0n) is 14.6. The van der Waals surface area contributed by atoms with Crippen molar-refractivity contribution < 1.29 is 5.11 Å². The van der Waals surface area contributed by atoms with Crippen LogP contribution in [0.25, 0.3) is 0 Å². The molecule has 1 aromatic rings. The van der Waals surface area contributed by atoms with Crippen LogP contribution in [0.3, 0.4) is 0 Å². The molecule has 0 aliphatic heterocycles. The molecule has 21 heavy (non-hydrogen) atoms. The molecule has 0 heterocycles. The molecule has 0 unspecified atom stereocenters. The van der Waals surface area contributed by atoms with Crippen LogP contribution in [0.4, 0.5) is 0 Å². The van der Waals surface area contributed by atoms with Gasteiger partial charge in [-0.05, 0) is 32.4 Å². The van der Waals surface area contributed by atoms with E-state index in [9.17, 15) is 5.11 Å². The summed E-state index contributed by atoms with van der Waals surface area (Å²) < 4.78 is 0. The predicted octanol–water partition coefficient (Wildman–Crippen LogP) is 4.66. The lowest BCUT2D eigenvalue weighted by Crippen LogP contribution is -2.12. The second-order valence-electron chi connectivity index (χ2n) is 3.53. The molecule has 0 saturated carbocycles. The maximum atomic E-state index is 9.48. The van der Waals surface area contributed by atoms with E-state index in [0.29, 0.717) is 11.4 Å². The average Bonchev–Trinajstić information content (AvgIpc) is 2.53. The summed E-state index contributed by atoms with van der Waals surface area (Å²) in [6.45, 7) is 19.5. The molecular weight excluding hydrogens is 262 g/mol. The molecular formula is C17H31N3O. The van der Waals surface area contributed by atoms with Crippen LogP contribution >= 0.6 is 0 Å². The quantitative estimate of drug-likeness (QED) is 0.360. The first-order valence-corrected chi connectivity index (χ1v) is 7.15. The lowest BCUT2D eigenvalue weighted by atomic mass is 10.1. The number of hydrogen-bond acceptors (Lipinski definition) is 3. The molecule has 1 rings (SSSR count). The Morgan fingerprint density at radius 1 is 1.05 bits per heavy atom. The Morgan fingerprint density at radius 3 is 1.90 bits per heavy atom. The Balaban J connectivity index is -0.000000478. The van der Waals surface area contributed by atoms with Crippen molar-refractivity contribution in [2.75, 3.05) is 0 Å². The normalized spacial score (nSPS) is 8.81. The third-order valence-corrected chi connectivity index (χ3v) is 1.86. The molecule has 0 spiro atoms. The average molecular weight is 293 g/mol. The molecule has 4 heteroatoms. The molecule has 3 N–H and O–H groups in total. The first-order chi connectivity index (χ1) is 10.0. The van der Waals surface area contributed by atoms with Gasteiger partial charge in [-0.15, -0.1) is 18.3 Å². The molecule has 0 radical (unpaired) electrons. The monoisotopic (exact) mass is 293 g/mol. The topological polar surface area (TPSA) is 71.0 Å². The number of nitrogens with zero attached hydrogens (tertiary/aromatic N) is 2. The first-order valence-electron chi connectivity index (χ1n) is 7.15. The number of nitrogens with two attached hydrogens (primary N) is 1. The van der Waals surface area contributed by atoms with Gasteiger partial charge in [0, 0.05) is 11.3 Å². The van der Waals surface area contributed by atoms with Crippen LogP contribution in [-0.2, 0) is 0 Å². The van der Waals surface area contributed by atoms with Gasteiger partial charge in [0.1, 0.15) is 5.75 Å². The summed E-state index contributed by atoms with van der Waals surface area (Å²) in [6, 6.07) is 5.17. The number of phenols is 1. The summed E-state index contributed by atoms with van der Waals surface area (Å²) in [7, 11) is 0. The summed E-state index contributed by atoms with van der Waals surface area (Å²) in [5.74, 6) is 0.509. The molecule has 120 valence electrons. The van der Waals surface area contributed by atoms with E-state index in [1.54, 1.807) is 18.2 Å². The number of phenolic OH excluding ortho intramolecular Hbond substituents is 1. The SMILES string of the molecule is C=C.CC.CC.CC(C)=N/N=C(\N)c1ccc(C)c(O)c1. The minimum Gasteiger partial charge on any atom is -0.508 e. The van der Waals surface area contributed by atoms with Gasteiger partial charge in [-0.1, -0.05) is 39.8 Å². The van der Waals surface area contributed by atoms with Crippen LogP contribution < -0.4 is 5.73 Å². The fraction of sp³-hybridized carbons (Fsp3) is 0.412. The highest BCUT2D eigenvalue weighted by molar-refractivity contribution is 5.98. The summed E-state index contributed by atoms with van der Waals surface area (Å²) in [5.41, 5.74) is 8.00. The zero-order chi connectivity index (χ0) is 17.4. The summed E-state index contributed by atoms with van der Waals surface area (Å²) in [5, 5.41) is 17.2. The maximum Gasteiger partial charge on any atom is 0.153 e. The number of benzene rings is 1. The molecule has 1 aromatic carbocycles. The Hall–Kier alpha value is -2.10. The molecule has 0 aromatic heterocycles. The highest BCUT2D eigenvalue weighted by atomic mass is 16.3. The highest BCUT2D eigenvalue weighted by Crippen LogP contribution is 2.17. The Morgan fingerprint density at radius 2 is 1.52 bits per heavy atom. The lowest BCUT2D eigenvalue weighted by molar-refractivity contribution is 0.471. The van der Waals surface area contributed by atoms with E-state index in [1.165, 1.54) is 0 Å². The number of amidine groups is 1. The Kier molecular flexibility index (Phi) is 18.2. The van der Waals surface area contributed by atoms with E-state index >= 15 is 0 Å². The maximum absolute atomic E-state index is 9.48. The lowest BCUT2D eigenvalue weighted by Gasteiger charge is -2.02. The molecule has 0 aliphatic rings. The fourth-order valence-corrected chi connectivity index (χ4v) is 0.980. The molecule has 0 bridgehead atoms. The van der Waals surface area contributed by atoms with E-state index in [0.717, 1.165) is 11.3 Å². The van der Waals surface area contributed by atoms with Gasteiger partial charge in [0.2, 0.25) is 0 Å². The van der Waals surface area contributed by atoms with E-state index in [2.05, 4.69) is 23.4 Å². The van der Waals surface area contributed by atoms with Gasteiger partial charge in [-0.2, -0.15) is 5.10 Å². The fourth-order valence-electron chi connectivity index (χ4n) is 0.980. The van der Waals surface area contributed by atoms with Gasteiger partial charge in [-0.3, -0.25) is 0 Å². The predicted molar refractivity (Wildman–Crippen MR) is 96.3 cm³/mol. The smallest absolute Gasteiger partial charge is 0.153 e. The molecule has 4 nitrogen and oxygen atoms in total. The number of hydrogen-bond donors (Lipinski definition) is 2. The van der Waals surface area contributed by atoms with Crippen LogP contribution in [0, 0.1) is 6.92 Å². The van der Waals surface area contributed by atoms with E-state index < -0.39 is 0 Å². The van der Waals surface area contributed by atoms with Crippen LogP contribution in [0.1, 0.15) is 52.7 Å². The van der Waals surface area contributed by atoms with Gasteiger partial charge in [-0.25, -0.2) is 0 Å². The van der Waals surface area contributed by atoms with Gasteiger partial charge >= 0.3 is 0 Å². The minimum absolute atomic E-state index is 0.211. The van der Waals surface area contributed by atoms with Crippen LogP contribution in [0.15, 0.2) is 41.6 Å². The highest BCUT2D eigenvalue weighted by Gasteiger charge is 2.01.